The Hall–Kier alpha value is -3.50. The SMILES string of the molecule is C=C(CC)/C(=C(/C#CC/C=C\C=C/C)N(C)c1ccc(C)c(C)c1)c1cc(C)c(C(=C)C)cc1C. The number of allylic oxidation sites excluding steroid dienone is 8. The van der Waals surface area contributed by atoms with Crippen LogP contribution in [0, 0.1) is 39.5 Å². The minimum atomic E-state index is 0.688. The first-order chi connectivity index (χ1) is 16.6. The van der Waals surface area contributed by atoms with Gasteiger partial charge in [-0.25, -0.2) is 0 Å². The molecule has 0 fully saturated rings. The maximum atomic E-state index is 4.48. The van der Waals surface area contributed by atoms with Gasteiger partial charge in [0.2, 0.25) is 0 Å². The Labute approximate surface area is 214 Å². The molecule has 0 aromatic heterocycles. The fourth-order valence-electron chi connectivity index (χ4n) is 4.04. The van der Waals surface area contributed by atoms with Crippen LogP contribution in [0.5, 0.6) is 0 Å². The predicted octanol–water partition coefficient (Wildman–Crippen LogP) is 9.29. The third-order valence-corrected chi connectivity index (χ3v) is 6.40. The molecule has 0 saturated carbocycles. The van der Waals surface area contributed by atoms with Gasteiger partial charge >= 0.3 is 0 Å². The van der Waals surface area contributed by atoms with E-state index in [9.17, 15) is 0 Å². The monoisotopic (exact) mass is 463 g/mol. The molecule has 182 valence electrons. The number of nitrogens with zero attached hydrogens (tertiary/aromatic N) is 1. The van der Waals surface area contributed by atoms with Gasteiger partial charge < -0.3 is 4.90 Å². The van der Waals surface area contributed by atoms with Crippen molar-refractivity contribution in [3.05, 3.63) is 112 Å². The van der Waals surface area contributed by atoms with Gasteiger partial charge in [-0.3, -0.25) is 0 Å². The number of hydrogen-bond donors (Lipinski definition) is 0. The van der Waals surface area contributed by atoms with Crippen molar-refractivity contribution in [2.45, 2.75) is 61.3 Å². The van der Waals surface area contributed by atoms with Crippen LogP contribution in [0.2, 0.25) is 0 Å². The minimum Gasteiger partial charge on any atom is -0.337 e. The predicted molar refractivity (Wildman–Crippen MR) is 158 cm³/mol. The molecule has 0 saturated heterocycles. The van der Waals surface area contributed by atoms with E-state index in [1.54, 1.807) is 0 Å². The summed E-state index contributed by atoms with van der Waals surface area (Å²) in [4.78, 5) is 2.21. The third kappa shape index (κ3) is 7.00. The van der Waals surface area contributed by atoms with Crippen LogP contribution >= 0.6 is 0 Å². The van der Waals surface area contributed by atoms with E-state index in [1.165, 1.54) is 33.4 Å². The maximum Gasteiger partial charge on any atom is 0.100 e. The van der Waals surface area contributed by atoms with E-state index in [2.05, 4.69) is 115 Å². The van der Waals surface area contributed by atoms with Crippen molar-refractivity contribution >= 4 is 16.8 Å². The summed E-state index contributed by atoms with van der Waals surface area (Å²) in [5, 5.41) is 0. The lowest BCUT2D eigenvalue weighted by molar-refractivity contribution is 1.11. The molecular weight excluding hydrogens is 422 g/mol. The summed E-state index contributed by atoms with van der Waals surface area (Å²) < 4.78 is 0. The van der Waals surface area contributed by atoms with Crippen LogP contribution in [-0.4, -0.2) is 7.05 Å². The Morgan fingerprint density at radius 3 is 2.17 bits per heavy atom. The zero-order valence-electron chi connectivity index (χ0n) is 23.0. The summed E-state index contributed by atoms with van der Waals surface area (Å²) in [6.45, 7) is 23.5. The van der Waals surface area contributed by atoms with Gasteiger partial charge in [0.25, 0.3) is 0 Å². The van der Waals surface area contributed by atoms with Crippen molar-refractivity contribution in [3.8, 4) is 11.8 Å². The van der Waals surface area contributed by atoms with Gasteiger partial charge in [0, 0.05) is 24.7 Å². The fraction of sp³-hybridized carbons (Fsp3) is 0.294. The number of benzene rings is 2. The van der Waals surface area contributed by atoms with E-state index in [0.717, 1.165) is 34.5 Å². The Morgan fingerprint density at radius 2 is 1.57 bits per heavy atom. The summed E-state index contributed by atoms with van der Waals surface area (Å²) in [6.07, 6.45) is 9.72. The molecule has 1 heteroatoms. The smallest absolute Gasteiger partial charge is 0.100 e. The van der Waals surface area contributed by atoms with Gasteiger partial charge in [-0.15, -0.1) is 0 Å². The maximum absolute atomic E-state index is 4.48. The van der Waals surface area contributed by atoms with Crippen LogP contribution in [0.3, 0.4) is 0 Å². The third-order valence-electron chi connectivity index (χ3n) is 6.40. The zero-order chi connectivity index (χ0) is 26.1. The van der Waals surface area contributed by atoms with E-state index in [4.69, 9.17) is 0 Å². The molecule has 0 aliphatic rings. The summed E-state index contributed by atoms with van der Waals surface area (Å²) in [5.41, 5.74) is 12.7. The van der Waals surface area contributed by atoms with Crippen molar-refractivity contribution in [3.63, 3.8) is 0 Å². The standard InChI is InChI=1S/C34H41N/c1-11-13-14-15-16-17-18-33(35(10)30-20-19-26(6)27(7)21-30)34(25(5)12-2)32-23-28(8)31(24(3)4)22-29(32)9/h11,13-15,19-23H,3,5,12,16H2,1-2,4,6-10H3/b13-11-,15-14-,34-33+. The summed E-state index contributed by atoms with van der Waals surface area (Å²) in [7, 11) is 2.11. The highest BCUT2D eigenvalue weighted by Gasteiger charge is 2.19. The molecule has 2 rings (SSSR count). The Bertz CT molecular complexity index is 1250. The van der Waals surface area contributed by atoms with Gasteiger partial charge in [0.1, 0.15) is 5.70 Å². The molecule has 0 aliphatic heterocycles. The molecular formula is C34H41N. The average molecular weight is 464 g/mol. The first-order valence-corrected chi connectivity index (χ1v) is 12.4. The topological polar surface area (TPSA) is 3.24 Å². The van der Waals surface area contributed by atoms with Crippen LogP contribution in [0.25, 0.3) is 11.1 Å². The quantitative estimate of drug-likeness (QED) is 0.278. The number of hydrogen-bond acceptors (Lipinski definition) is 1. The van der Waals surface area contributed by atoms with E-state index in [1.807, 2.05) is 25.2 Å². The van der Waals surface area contributed by atoms with Crippen molar-refractivity contribution in [1.29, 1.82) is 0 Å². The van der Waals surface area contributed by atoms with E-state index >= 15 is 0 Å². The molecule has 0 unspecified atom stereocenters. The molecule has 0 heterocycles. The molecule has 0 bridgehead atoms. The van der Waals surface area contributed by atoms with Crippen molar-refractivity contribution in [2.75, 3.05) is 11.9 Å². The number of anilines is 1. The average Bonchev–Trinajstić information content (AvgIpc) is 2.82. The molecule has 0 atom stereocenters. The second-order valence-corrected chi connectivity index (χ2v) is 9.23. The lowest BCUT2D eigenvalue weighted by Gasteiger charge is -2.26. The highest BCUT2D eigenvalue weighted by molar-refractivity contribution is 5.88. The van der Waals surface area contributed by atoms with Crippen molar-refractivity contribution in [1.82, 2.24) is 0 Å². The molecule has 0 radical (unpaired) electrons. The number of aryl methyl sites for hydroxylation is 4. The van der Waals surface area contributed by atoms with Gasteiger partial charge in [-0.2, -0.15) is 0 Å². The molecule has 35 heavy (non-hydrogen) atoms. The molecule has 1 nitrogen and oxygen atoms in total. The second kappa shape index (κ2) is 12.8. The molecule has 2 aromatic carbocycles. The van der Waals surface area contributed by atoms with Crippen LogP contribution in [-0.2, 0) is 0 Å². The summed E-state index contributed by atoms with van der Waals surface area (Å²) >= 11 is 0. The Kier molecular flexibility index (Phi) is 10.2. The minimum absolute atomic E-state index is 0.688. The van der Waals surface area contributed by atoms with E-state index in [-0.39, 0.29) is 0 Å². The zero-order valence-corrected chi connectivity index (χ0v) is 23.0. The first-order valence-electron chi connectivity index (χ1n) is 12.4. The second-order valence-electron chi connectivity index (χ2n) is 9.23. The van der Waals surface area contributed by atoms with Gasteiger partial charge in [0.15, 0.2) is 0 Å². The molecule has 0 amide bonds. The van der Waals surface area contributed by atoms with Gasteiger partial charge in [-0.1, -0.05) is 74.1 Å². The lowest BCUT2D eigenvalue weighted by Crippen LogP contribution is -2.18. The highest BCUT2D eigenvalue weighted by atomic mass is 15.1. The molecule has 0 aliphatic carbocycles. The van der Waals surface area contributed by atoms with Crippen LogP contribution in [0.4, 0.5) is 5.69 Å². The van der Waals surface area contributed by atoms with Gasteiger partial charge in [0.05, 0.1) is 0 Å². The molecule has 2 aromatic rings. The fourth-order valence-corrected chi connectivity index (χ4v) is 4.04. The summed E-state index contributed by atoms with van der Waals surface area (Å²) in [5.74, 6) is 6.92. The normalized spacial score (nSPS) is 11.9. The first kappa shape index (κ1) is 27.7. The molecule has 0 N–H and O–H groups in total. The van der Waals surface area contributed by atoms with Crippen LogP contribution in [0.15, 0.2) is 79.1 Å². The Morgan fingerprint density at radius 1 is 0.914 bits per heavy atom. The lowest BCUT2D eigenvalue weighted by atomic mass is 9.87. The summed E-state index contributed by atoms with van der Waals surface area (Å²) in [6, 6.07) is 11.1. The van der Waals surface area contributed by atoms with Crippen molar-refractivity contribution < 1.29 is 0 Å². The van der Waals surface area contributed by atoms with Crippen molar-refractivity contribution in [2.24, 2.45) is 0 Å². The van der Waals surface area contributed by atoms with Crippen LogP contribution in [0.1, 0.15) is 67.0 Å². The Balaban J connectivity index is 2.83. The largest absolute Gasteiger partial charge is 0.337 e. The number of rotatable bonds is 8. The highest BCUT2D eigenvalue weighted by Crippen LogP contribution is 2.35. The van der Waals surface area contributed by atoms with E-state index in [0.29, 0.717) is 6.42 Å². The van der Waals surface area contributed by atoms with Gasteiger partial charge in [-0.05, 0) is 105 Å². The van der Waals surface area contributed by atoms with E-state index < -0.39 is 0 Å². The molecule has 0 spiro atoms. The van der Waals surface area contributed by atoms with Crippen LogP contribution < -0.4 is 4.90 Å².